The fraction of sp³-hybridized carbons (Fsp3) is 0.700. The minimum absolute atomic E-state index is 0.0918. The first-order chi connectivity index (χ1) is 14.3. The second-order valence-corrected chi connectivity index (χ2v) is 7.51. The number of guanidine groups is 1. The number of rotatable bonds is 1. The van der Waals surface area contributed by atoms with Gasteiger partial charge in [-0.05, 0) is 52.9 Å². The van der Waals surface area contributed by atoms with Crippen LogP contribution in [0.5, 0.6) is 0 Å². The van der Waals surface area contributed by atoms with Crippen molar-refractivity contribution in [2.75, 3.05) is 13.5 Å². The van der Waals surface area contributed by atoms with Crippen molar-refractivity contribution in [2.24, 2.45) is 4.99 Å². The number of allylic oxidation sites excluding steroid dienone is 2. The van der Waals surface area contributed by atoms with Crippen LogP contribution in [0.4, 0.5) is 4.79 Å². The van der Waals surface area contributed by atoms with Gasteiger partial charge in [-0.3, -0.25) is 14.9 Å². The monoisotopic (exact) mass is 398 g/mol. The SMILES string of the molecule is [2H]C([2H])([2H])N1CC(=O)OC(CC)CC/C=C/CCCC(=O)NC1=NC(=O)OC(C)(C)C. The number of aliphatic imine (C=N–C) groups is 1. The van der Waals surface area contributed by atoms with Gasteiger partial charge in [0, 0.05) is 17.5 Å². The second-order valence-electron chi connectivity index (χ2n) is 7.51. The first-order valence-corrected chi connectivity index (χ1v) is 9.55. The molecule has 1 N–H and O–H groups in total. The van der Waals surface area contributed by atoms with E-state index in [2.05, 4.69) is 10.3 Å². The first kappa shape index (κ1) is 19.0. The van der Waals surface area contributed by atoms with E-state index in [0.717, 1.165) is 0 Å². The van der Waals surface area contributed by atoms with Gasteiger partial charge in [-0.15, -0.1) is 4.99 Å². The van der Waals surface area contributed by atoms with Crippen molar-refractivity contribution < 1.29 is 28.0 Å². The fourth-order valence-corrected chi connectivity index (χ4v) is 2.39. The van der Waals surface area contributed by atoms with Gasteiger partial charge in [-0.25, -0.2) is 4.79 Å². The Morgan fingerprint density at radius 1 is 1.39 bits per heavy atom. The zero-order chi connectivity index (χ0) is 23.7. The molecule has 0 spiro atoms. The van der Waals surface area contributed by atoms with Gasteiger partial charge < -0.3 is 14.4 Å². The summed E-state index contributed by atoms with van der Waals surface area (Å²) >= 11 is 0. The Bertz CT molecular complexity index is 699. The standard InChI is InChI=1S/C20H33N3O5/c1-6-15-12-10-8-7-9-11-13-16(24)21-18(23(5)14-17(25)27-15)22-19(26)28-20(2,3)4/h7-8,15H,6,9-14H2,1-5H3,(H,21,22,24,26)/b8-7+/i5D3. The molecule has 0 aromatic rings. The highest BCUT2D eigenvalue weighted by Crippen LogP contribution is 2.11. The van der Waals surface area contributed by atoms with Crippen LogP contribution >= 0.6 is 0 Å². The normalized spacial score (nSPS) is 25.3. The van der Waals surface area contributed by atoms with E-state index in [1.165, 1.54) is 0 Å². The molecule has 1 aliphatic heterocycles. The predicted molar refractivity (Wildman–Crippen MR) is 107 cm³/mol. The van der Waals surface area contributed by atoms with E-state index in [0.29, 0.717) is 37.0 Å². The molecule has 1 aliphatic rings. The third-order valence-corrected chi connectivity index (χ3v) is 3.73. The van der Waals surface area contributed by atoms with Crippen LogP contribution < -0.4 is 5.32 Å². The lowest BCUT2D eigenvalue weighted by Crippen LogP contribution is -2.45. The molecule has 0 radical (unpaired) electrons. The summed E-state index contributed by atoms with van der Waals surface area (Å²) in [6.45, 7) is 3.15. The quantitative estimate of drug-likeness (QED) is 0.538. The van der Waals surface area contributed by atoms with Crippen LogP contribution in [0.25, 0.3) is 0 Å². The minimum Gasteiger partial charge on any atom is -0.461 e. The molecule has 2 amide bonds. The summed E-state index contributed by atoms with van der Waals surface area (Å²) < 4.78 is 33.9. The maximum Gasteiger partial charge on any atom is 0.437 e. The van der Waals surface area contributed by atoms with Crippen molar-refractivity contribution in [3.05, 3.63) is 12.2 Å². The average Bonchev–Trinajstić information content (AvgIpc) is 2.61. The van der Waals surface area contributed by atoms with E-state index in [9.17, 15) is 14.4 Å². The van der Waals surface area contributed by atoms with E-state index in [1.807, 2.05) is 19.1 Å². The first-order valence-electron chi connectivity index (χ1n) is 11.1. The van der Waals surface area contributed by atoms with E-state index >= 15 is 0 Å². The molecule has 1 heterocycles. The number of carbonyl (C=O) groups excluding carboxylic acids is 3. The second kappa shape index (κ2) is 11.5. The summed E-state index contributed by atoms with van der Waals surface area (Å²) in [4.78, 5) is 41.3. The van der Waals surface area contributed by atoms with Crippen molar-refractivity contribution in [2.45, 2.75) is 77.9 Å². The third kappa shape index (κ3) is 10.1. The van der Waals surface area contributed by atoms with E-state index in [4.69, 9.17) is 13.6 Å². The molecule has 1 atom stereocenters. The summed E-state index contributed by atoms with van der Waals surface area (Å²) in [6.07, 6.45) is 5.61. The van der Waals surface area contributed by atoms with Crippen molar-refractivity contribution in [1.82, 2.24) is 10.2 Å². The number of amides is 2. The molecule has 1 unspecified atom stereocenters. The lowest BCUT2D eigenvalue weighted by Gasteiger charge is -2.23. The molecule has 0 aromatic heterocycles. The van der Waals surface area contributed by atoms with Crippen molar-refractivity contribution >= 4 is 23.9 Å². The van der Waals surface area contributed by atoms with Gasteiger partial charge in [0.05, 0.1) is 0 Å². The molecule has 158 valence electrons. The molecule has 0 aliphatic carbocycles. The summed E-state index contributed by atoms with van der Waals surface area (Å²) in [5.74, 6) is -1.90. The molecule has 0 aromatic carbocycles. The molecular formula is C20H33N3O5. The molecule has 0 saturated heterocycles. The lowest BCUT2D eigenvalue weighted by atomic mass is 10.1. The summed E-state index contributed by atoms with van der Waals surface area (Å²) in [5.41, 5.74) is -0.880. The Morgan fingerprint density at radius 2 is 2.11 bits per heavy atom. The number of ether oxygens (including phenoxy) is 2. The number of carbonyl (C=O) groups is 3. The van der Waals surface area contributed by atoms with Crippen molar-refractivity contribution in [3.63, 3.8) is 0 Å². The van der Waals surface area contributed by atoms with E-state index in [-0.39, 0.29) is 12.5 Å². The summed E-state index contributed by atoms with van der Waals surface area (Å²) in [6, 6.07) is 0. The molecular weight excluding hydrogens is 362 g/mol. The minimum atomic E-state index is -2.87. The molecule has 0 bridgehead atoms. The number of esters is 1. The van der Waals surface area contributed by atoms with Gasteiger partial charge in [-0.1, -0.05) is 19.1 Å². The Hall–Kier alpha value is -2.38. The van der Waals surface area contributed by atoms with Crippen LogP contribution in [0, 0.1) is 0 Å². The zero-order valence-corrected chi connectivity index (χ0v) is 17.1. The van der Waals surface area contributed by atoms with Crippen LogP contribution in [-0.2, 0) is 19.1 Å². The Balaban J connectivity index is 3.27. The molecule has 8 heteroatoms. The highest BCUT2D eigenvalue weighted by Gasteiger charge is 2.21. The summed E-state index contributed by atoms with van der Waals surface area (Å²) in [5, 5.41) is 2.35. The molecule has 8 nitrogen and oxygen atoms in total. The zero-order valence-electron chi connectivity index (χ0n) is 20.1. The summed E-state index contributed by atoms with van der Waals surface area (Å²) in [7, 11) is 0. The number of hydrogen-bond donors (Lipinski definition) is 1. The number of likely N-dealkylation sites (N-methyl/N-ethyl adjacent to an activating group) is 1. The van der Waals surface area contributed by atoms with Gasteiger partial charge in [-0.2, -0.15) is 0 Å². The highest BCUT2D eigenvalue weighted by molar-refractivity contribution is 6.01. The van der Waals surface area contributed by atoms with Gasteiger partial charge in [0.1, 0.15) is 18.2 Å². The smallest absolute Gasteiger partial charge is 0.437 e. The predicted octanol–water partition coefficient (Wildman–Crippen LogP) is 3.17. The third-order valence-electron chi connectivity index (χ3n) is 3.73. The van der Waals surface area contributed by atoms with Gasteiger partial charge >= 0.3 is 12.1 Å². The van der Waals surface area contributed by atoms with E-state index < -0.39 is 43.1 Å². The molecule has 28 heavy (non-hydrogen) atoms. The largest absolute Gasteiger partial charge is 0.461 e. The maximum atomic E-state index is 12.5. The van der Waals surface area contributed by atoms with Crippen molar-refractivity contribution in [3.8, 4) is 0 Å². The number of cyclic esters (lactones) is 1. The Kier molecular flexibility index (Phi) is 7.76. The van der Waals surface area contributed by atoms with Crippen LogP contribution in [0.3, 0.4) is 0 Å². The van der Waals surface area contributed by atoms with Crippen LogP contribution in [0.15, 0.2) is 17.1 Å². The molecule has 0 saturated carbocycles. The molecule has 1 rings (SSSR count). The number of nitrogens with one attached hydrogen (secondary N) is 1. The van der Waals surface area contributed by atoms with Crippen LogP contribution in [0.2, 0.25) is 0 Å². The Labute approximate surface area is 171 Å². The molecule has 0 fully saturated rings. The lowest BCUT2D eigenvalue weighted by molar-refractivity contribution is -0.149. The number of hydrogen-bond acceptors (Lipinski definition) is 5. The van der Waals surface area contributed by atoms with Crippen molar-refractivity contribution in [1.29, 1.82) is 0 Å². The fourth-order valence-electron chi connectivity index (χ4n) is 2.39. The average molecular weight is 399 g/mol. The number of nitrogens with zero attached hydrogens (tertiary/aromatic N) is 2. The van der Waals surface area contributed by atoms with Crippen LogP contribution in [-0.4, -0.2) is 54.1 Å². The van der Waals surface area contributed by atoms with Gasteiger partial charge in [0.2, 0.25) is 11.9 Å². The Morgan fingerprint density at radius 3 is 2.75 bits per heavy atom. The van der Waals surface area contributed by atoms with Gasteiger partial charge in [0.15, 0.2) is 0 Å². The highest BCUT2D eigenvalue weighted by atomic mass is 16.6. The maximum absolute atomic E-state index is 12.5. The van der Waals surface area contributed by atoms with Crippen LogP contribution in [0.1, 0.15) is 70.3 Å². The van der Waals surface area contributed by atoms with Gasteiger partial charge in [0.25, 0.3) is 0 Å². The topological polar surface area (TPSA) is 97.3 Å². The van der Waals surface area contributed by atoms with E-state index in [1.54, 1.807) is 20.8 Å².